The van der Waals surface area contributed by atoms with Gasteiger partial charge in [0, 0.05) is 43.7 Å². The fourth-order valence-corrected chi connectivity index (χ4v) is 5.27. The first-order chi connectivity index (χ1) is 19.0. The molecule has 2 aliphatic heterocycles. The zero-order valence-corrected chi connectivity index (χ0v) is 22.7. The van der Waals surface area contributed by atoms with Gasteiger partial charge in [0.15, 0.2) is 0 Å². The van der Waals surface area contributed by atoms with E-state index in [0.717, 1.165) is 79.1 Å². The van der Waals surface area contributed by atoms with E-state index in [-0.39, 0.29) is 11.1 Å². The zero-order chi connectivity index (χ0) is 27.2. The van der Waals surface area contributed by atoms with Crippen LogP contribution in [0.1, 0.15) is 24.1 Å². The minimum Gasteiger partial charge on any atom is -0.497 e. The first-order valence-corrected chi connectivity index (χ1v) is 13.5. The highest BCUT2D eigenvalue weighted by molar-refractivity contribution is 8.18. The Morgan fingerprint density at radius 1 is 1.10 bits per heavy atom. The number of aromatic nitrogens is 3. The number of imide groups is 1. The fourth-order valence-electron chi connectivity index (χ4n) is 4.61. The van der Waals surface area contributed by atoms with E-state index in [4.69, 9.17) is 9.47 Å². The predicted molar refractivity (Wildman–Crippen MR) is 151 cm³/mol. The third-order valence-electron chi connectivity index (χ3n) is 6.75. The molecular formula is C28H30N6O4S. The van der Waals surface area contributed by atoms with Crippen LogP contribution in [0.25, 0.3) is 17.3 Å². The number of amides is 2. The minimum atomic E-state index is -0.386. The van der Waals surface area contributed by atoms with Crippen LogP contribution in [0.4, 0.5) is 10.7 Å². The second kappa shape index (κ2) is 12.3. The van der Waals surface area contributed by atoms with Crippen molar-refractivity contribution in [3.63, 3.8) is 0 Å². The molecule has 0 radical (unpaired) electrons. The number of anilines is 1. The lowest BCUT2D eigenvalue weighted by Crippen LogP contribution is -2.38. The summed E-state index contributed by atoms with van der Waals surface area (Å²) in [6.45, 7) is 3.40. The Labute approximate surface area is 231 Å². The van der Waals surface area contributed by atoms with E-state index in [9.17, 15) is 9.59 Å². The molecule has 2 N–H and O–H groups in total. The summed E-state index contributed by atoms with van der Waals surface area (Å²) in [4.78, 5) is 39.4. The molecule has 0 atom stereocenters. The van der Waals surface area contributed by atoms with Crippen LogP contribution < -0.4 is 25.0 Å². The lowest BCUT2D eigenvalue weighted by atomic mass is 9.97. The van der Waals surface area contributed by atoms with Gasteiger partial charge in [0.05, 0.1) is 30.5 Å². The highest BCUT2D eigenvalue weighted by Crippen LogP contribution is 2.32. The molecule has 0 unspecified atom stereocenters. The quantitative estimate of drug-likeness (QED) is 0.383. The third kappa shape index (κ3) is 6.55. The normalized spacial score (nSPS) is 17.0. The largest absolute Gasteiger partial charge is 0.497 e. The standard InChI is InChI=1S/C28H30N6O4S/c1-37-21-4-5-22(24(14-21)38-2)23-6-3-19(17-31-23)16-29-15-18-8-11-34(12-9-18)27-30-10-7-20(32-27)13-25-26(35)33-28(36)39-25/h3-7,10,13-14,17-18,29H,8-9,11-12,15-16H2,1-2H3,(H,33,35,36). The Morgan fingerprint density at radius 2 is 1.95 bits per heavy atom. The van der Waals surface area contributed by atoms with Gasteiger partial charge in [-0.3, -0.25) is 19.9 Å². The molecule has 2 amide bonds. The van der Waals surface area contributed by atoms with Crippen molar-refractivity contribution in [3.8, 4) is 22.8 Å². The smallest absolute Gasteiger partial charge is 0.290 e. The van der Waals surface area contributed by atoms with Gasteiger partial charge in [0.2, 0.25) is 5.95 Å². The number of carbonyl (C=O) groups excluding carboxylic acids is 2. The number of hydrogen-bond acceptors (Lipinski definition) is 10. The van der Waals surface area contributed by atoms with E-state index in [1.807, 2.05) is 30.5 Å². The average Bonchev–Trinajstić information content (AvgIpc) is 3.29. The number of benzene rings is 1. The Bertz CT molecular complexity index is 1370. The van der Waals surface area contributed by atoms with Crippen molar-refractivity contribution in [2.24, 2.45) is 5.92 Å². The van der Waals surface area contributed by atoms with Crippen molar-refractivity contribution in [3.05, 3.63) is 65.0 Å². The van der Waals surface area contributed by atoms with E-state index >= 15 is 0 Å². The molecule has 10 nitrogen and oxygen atoms in total. The summed E-state index contributed by atoms with van der Waals surface area (Å²) in [7, 11) is 3.28. The zero-order valence-electron chi connectivity index (χ0n) is 21.8. The summed E-state index contributed by atoms with van der Waals surface area (Å²) in [5, 5.41) is 5.47. The monoisotopic (exact) mass is 546 g/mol. The van der Waals surface area contributed by atoms with Gasteiger partial charge < -0.3 is 19.7 Å². The lowest BCUT2D eigenvalue weighted by Gasteiger charge is -2.32. The molecule has 0 aliphatic carbocycles. The number of thioether (sulfide) groups is 1. The van der Waals surface area contributed by atoms with Gasteiger partial charge >= 0.3 is 0 Å². The Morgan fingerprint density at radius 3 is 2.64 bits per heavy atom. The number of pyridine rings is 1. The first kappa shape index (κ1) is 26.6. The Balaban J connectivity index is 1.10. The van der Waals surface area contributed by atoms with Gasteiger partial charge in [-0.2, -0.15) is 0 Å². The van der Waals surface area contributed by atoms with Crippen LogP contribution in [0.3, 0.4) is 0 Å². The summed E-state index contributed by atoms with van der Waals surface area (Å²) in [6.07, 6.45) is 7.27. The second-order valence-electron chi connectivity index (χ2n) is 9.31. The van der Waals surface area contributed by atoms with Crippen molar-refractivity contribution in [1.29, 1.82) is 0 Å². The second-order valence-corrected chi connectivity index (χ2v) is 10.3. The average molecular weight is 547 g/mol. The summed E-state index contributed by atoms with van der Waals surface area (Å²) >= 11 is 0.886. The number of nitrogens with one attached hydrogen (secondary N) is 2. The summed E-state index contributed by atoms with van der Waals surface area (Å²) in [5.74, 6) is 2.29. The highest BCUT2D eigenvalue weighted by Gasteiger charge is 2.26. The summed E-state index contributed by atoms with van der Waals surface area (Å²) < 4.78 is 10.8. The van der Waals surface area contributed by atoms with Crippen LogP contribution in [0.5, 0.6) is 11.5 Å². The molecule has 0 spiro atoms. The van der Waals surface area contributed by atoms with E-state index in [0.29, 0.717) is 22.5 Å². The van der Waals surface area contributed by atoms with Crippen LogP contribution in [-0.4, -0.2) is 60.0 Å². The molecule has 11 heteroatoms. The van der Waals surface area contributed by atoms with Gasteiger partial charge in [-0.15, -0.1) is 0 Å². The maximum atomic E-state index is 11.8. The maximum absolute atomic E-state index is 11.8. The molecule has 0 bridgehead atoms. The molecule has 2 fully saturated rings. The van der Waals surface area contributed by atoms with E-state index in [2.05, 4.69) is 36.6 Å². The highest BCUT2D eigenvalue weighted by atomic mass is 32.2. The molecule has 202 valence electrons. The fraction of sp³-hybridized carbons (Fsp3) is 0.321. The van der Waals surface area contributed by atoms with Crippen molar-refractivity contribution >= 4 is 34.9 Å². The summed E-state index contributed by atoms with van der Waals surface area (Å²) in [6, 6.07) is 11.6. The van der Waals surface area contributed by atoms with E-state index < -0.39 is 0 Å². The molecule has 2 aromatic heterocycles. The van der Waals surface area contributed by atoms with Crippen LogP contribution in [0.2, 0.25) is 0 Å². The van der Waals surface area contributed by atoms with Gasteiger partial charge in [-0.1, -0.05) is 6.07 Å². The van der Waals surface area contributed by atoms with Crippen LogP contribution >= 0.6 is 11.8 Å². The van der Waals surface area contributed by atoms with E-state index in [1.165, 1.54) is 0 Å². The van der Waals surface area contributed by atoms with Crippen LogP contribution in [0, 0.1) is 5.92 Å². The van der Waals surface area contributed by atoms with Gasteiger partial charge in [0.1, 0.15) is 11.5 Å². The molecule has 2 aliphatic rings. The number of rotatable bonds is 9. The molecule has 0 saturated carbocycles. The van der Waals surface area contributed by atoms with Crippen LogP contribution in [0.15, 0.2) is 53.7 Å². The van der Waals surface area contributed by atoms with Crippen molar-refractivity contribution < 1.29 is 19.1 Å². The molecule has 2 saturated heterocycles. The lowest BCUT2D eigenvalue weighted by molar-refractivity contribution is -0.115. The number of hydrogen-bond donors (Lipinski definition) is 2. The molecule has 5 rings (SSSR count). The Kier molecular flexibility index (Phi) is 8.38. The molecule has 4 heterocycles. The number of methoxy groups -OCH3 is 2. The van der Waals surface area contributed by atoms with Gasteiger partial charge in [-0.05, 0) is 73.0 Å². The van der Waals surface area contributed by atoms with Crippen molar-refractivity contribution in [2.45, 2.75) is 19.4 Å². The molecular weight excluding hydrogens is 516 g/mol. The SMILES string of the molecule is COc1ccc(-c2ccc(CNCC3CCN(c4nccc(C=C5SC(=O)NC5=O)n4)CC3)cn2)c(OC)c1. The molecule has 39 heavy (non-hydrogen) atoms. The predicted octanol–water partition coefficient (Wildman–Crippen LogP) is 3.89. The number of piperidine rings is 1. The number of ether oxygens (including phenoxy) is 2. The van der Waals surface area contributed by atoms with Crippen LogP contribution in [-0.2, 0) is 11.3 Å². The van der Waals surface area contributed by atoms with Gasteiger partial charge in [-0.25, -0.2) is 9.97 Å². The number of nitrogens with zero attached hydrogens (tertiary/aromatic N) is 4. The topological polar surface area (TPSA) is 119 Å². The molecule has 1 aromatic carbocycles. The van der Waals surface area contributed by atoms with Crippen molar-refractivity contribution in [1.82, 2.24) is 25.6 Å². The van der Waals surface area contributed by atoms with Crippen molar-refractivity contribution in [2.75, 3.05) is 38.8 Å². The first-order valence-electron chi connectivity index (χ1n) is 12.7. The minimum absolute atomic E-state index is 0.347. The summed E-state index contributed by atoms with van der Waals surface area (Å²) in [5.41, 5.74) is 3.51. The maximum Gasteiger partial charge on any atom is 0.290 e. The van der Waals surface area contributed by atoms with E-state index in [1.54, 1.807) is 32.6 Å². The molecule has 3 aromatic rings. The van der Waals surface area contributed by atoms with Gasteiger partial charge in [0.25, 0.3) is 11.1 Å². The number of carbonyl (C=O) groups is 2. The Hall–Kier alpha value is -3.96. The third-order valence-corrected chi connectivity index (χ3v) is 7.56.